The maximum Gasteiger partial charge on any atom is 0.169 e. The number of hydrogen-bond donors (Lipinski definition) is 4. The molecule has 5 nitrogen and oxygen atoms in total. The Morgan fingerprint density at radius 2 is 1.83 bits per heavy atom. The lowest BCUT2D eigenvalue weighted by atomic mass is 10.1. The summed E-state index contributed by atoms with van der Waals surface area (Å²) < 4.78 is 0. The molecule has 0 unspecified atom stereocenters. The molecule has 0 spiro atoms. The zero-order valence-corrected chi connectivity index (χ0v) is 10.9. The lowest BCUT2D eigenvalue weighted by Crippen LogP contribution is -2.22. The summed E-state index contributed by atoms with van der Waals surface area (Å²) in [6.07, 6.45) is 0. The number of anilines is 1. The molecule has 92 valence electrons. The second-order valence-corrected chi connectivity index (χ2v) is 4.42. The molecule has 6 N–H and O–H groups in total. The third-order valence-corrected chi connectivity index (χ3v) is 2.62. The fourth-order valence-corrected chi connectivity index (χ4v) is 1.90. The topological polar surface area (TPSA) is 92.7 Å². The van der Waals surface area contributed by atoms with Crippen LogP contribution in [0.15, 0.2) is 30.3 Å². The van der Waals surface area contributed by atoms with Gasteiger partial charge in [-0.1, -0.05) is 42.5 Å². The highest BCUT2D eigenvalue weighted by Crippen LogP contribution is 2.26. The Hall–Kier alpha value is -1.99. The number of H-pyrrole nitrogens is 1. The predicted molar refractivity (Wildman–Crippen MR) is 80.3 cm³/mol. The van der Waals surface area contributed by atoms with Crippen molar-refractivity contribution in [3.63, 3.8) is 0 Å². The van der Waals surface area contributed by atoms with Crippen LogP contribution in [0.4, 0.5) is 5.82 Å². The molecule has 2 rings (SSSR count). The normalized spacial score (nSPS) is 10.0. The van der Waals surface area contributed by atoms with E-state index >= 15 is 0 Å². The van der Waals surface area contributed by atoms with Gasteiger partial charge in [-0.15, -0.1) is 0 Å². The van der Waals surface area contributed by atoms with Gasteiger partial charge in [0, 0.05) is 5.56 Å². The van der Waals surface area contributed by atoms with Crippen LogP contribution in [-0.2, 0) is 0 Å². The van der Waals surface area contributed by atoms with Gasteiger partial charge in [0.05, 0.1) is 11.3 Å². The van der Waals surface area contributed by atoms with Crippen molar-refractivity contribution in [2.45, 2.75) is 0 Å². The van der Waals surface area contributed by atoms with E-state index in [4.69, 9.17) is 35.9 Å². The molecule has 0 bridgehead atoms. The zero-order valence-electron chi connectivity index (χ0n) is 9.31. The summed E-state index contributed by atoms with van der Waals surface area (Å²) in [5.41, 5.74) is 13.4. The SMILES string of the molecule is NC(=S)Nc1n[nH]c(-c2ccccc2)c1C(N)=S. The number of nitrogens with zero attached hydrogens (tertiary/aromatic N) is 1. The van der Waals surface area contributed by atoms with Crippen LogP contribution in [0.2, 0.25) is 0 Å². The summed E-state index contributed by atoms with van der Waals surface area (Å²) in [6.45, 7) is 0. The number of benzene rings is 1. The van der Waals surface area contributed by atoms with Gasteiger partial charge >= 0.3 is 0 Å². The highest BCUT2D eigenvalue weighted by molar-refractivity contribution is 7.81. The van der Waals surface area contributed by atoms with Gasteiger partial charge in [0.25, 0.3) is 0 Å². The van der Waals surface area contributed by atoms with Crippen molar-refractivity contribution >= 4 is 40.4 Å². The van der Waals surface area contributed by atoms with Gasteiger partial charge in [-0.2, -0.15) is 5.10 Å². The fourth-order valence-electron chi connectivity index (χ4n) is 1.60. The van der Waals surface area contributed by atoms with Crippen molar-refractivity contribution in [1.29, 1.82) is 0 Å². The minimum Gasteiger partial charge on any atom is -0.389 e. The van der Waals surface area contributed by atoms with Gasteiger partial charge in [0.15, 0.2) is 10.9 Å². The minimum atomic E-state index is 0.110. The van der Waals surface area contributed by atoms with E-state index in [0.29, 0.717) is 11.4 Å². The van der Waals surface area contributed by atoms with Gasteiger partial charge in [0.2, 0.25) is 0 Å². The molecule has 0 aliphatic carbocycles. The summed E-state index contributed by atoms with van der Waals surface area (Å²) in [4.78, 5) is 0.223. The Kier molecular flexibility index (Phi) is 3.54. The fraction of sp³-hybridized carbons (Fsp3) is 0. The summed E-state index contributed by atoms with van der Waals surface area (Å²) in [7, 11) is 0. The average Bonchev–Trinajstić information content (AvgIpc) is 2.73. The number of nitrogens with one attached hydrogen (secondary N) is 2. The first kappa shape index (κ1) is 12.5. The van der Waals surface area contributed by atoms with Crippen LogP contribution >= 0.6 is 24.4 Å². The van der Waals surface area contributed by atoms with Crippen LogP contribution in [0.25, 0.3) is 11.3 Å². The molecule has 0 saturated heterocycles. The van der Waals surface area contributed by atoms with Crippen molar-refractivity contribution < 1.29 is 0 Å². The number of rotatable bonds is 3. The lowest BCUT2D eigenvalue weighted by Gasteiger charge is -2.05. The molecule has 0 amide bonds. The molecule has 0 atom stereocenters. The molecule has 1 heterocycles. The molecular weight excluding hydrogens is 266 g/mol. The van der Waals surface area contributed by atoms with E-state index in [2.05, 4.69) is 15.5 Å². The Morgan fingerprint density at radius 3 is 2.39 bits per heavy atom. The van der Waals surface area contributed by atoms with E-state index in [1.165, 1.54) is 0 Å². The van der Waals surface area contributed by atoms with Crippen molar-refractivity contribution in [3.8, 4) is 11.3 Å². The van der Waals surface area contributed by atoms with Gasteiger partial charge in [-0.25, -0.2) is 0 Å². The Bertz CT molecular complexity index is 591. The predicted octanol–water partition coefficient (Wildman–Crippen LogP) is 1.37. The maximum atomic E-state index is 5.72. The van der Waals surface area contributed by atoms with Crippen molar-refractivity contribution in [2.24, 2.45) is 11.5 Å². The van der Waals surface area contributed by atoms with Gasteiger partial charge in [0.1, 0.15) is 4.99 Å². The summed E-state index contributed by atoms with van der Waals surface area (Å²) in [5.74, 6) is 0.439. The van der Waals surface area contributed by atoms with E-state index in [1.54, 1.807) is 0 Å². The van der Waals surface area contributed by atoms with E-state index in [1.807, 2.05) is 30.3 Å². The zero-order chi connectivity index (χ0) is 13.1. The van der Waals surface area contributed by atoms with Crippen molar-refractivity contribution in [1.82, 2.24) is 10.2 Å². The van der Waals surface area contributed by atoms with Crippen LogP contribution < -0.4 is 16.8 Å². The maximum absolute atomic E-state index is 5.72. The molecule has 18 heavy (non-hydrogen) atoms. The van der Waals surface area contributed by atoms with Crippen LogP contribution in [0, 0.1) is 0 Å². The van der Waals surface area contributed by atoms with Crippen molar-refractivity contribution in [2.75, 3.05) is 5.32 Å². The number of nitrogens with two attached hydrogens (primary N) is 2. The average molecular weight is 277 g/mol. The highest BCUT2D eigenvalue weighted by Gasteiger charge is 2.17. The molecule has 0 aliphatic rings. The molecule has 7 heteroatoms. The Balaban J connectivity index is 2.52. The second-order valence-electron chi connectivity index (χ2n) is 3.54. The van der Waals surface area contributed by atoms with E-state index in [9.17, 15) is 0 Å². The number of aromatic nitrogens is 2. The van der Waals surface area contributed by atoms with Crippen LogP contribution in [0.5, 0.6) is 0 Å². The lowest BCUT2D eigenvalue weighted by molar-refractivity contribution is 1.10. The molecule has 2 aromatic rings. The molecule has 0 saturated carbocycles. The van der Waals surface area contributed by atoms with Crippen LogP contribution in [0.1, 0.15) is 5.56 Å². The monoisotopic (exact) mass is 277 g/mol. The minimum absolute atomic E-state index is 0.110. The van der Waals surface area contributed by atoms with E-state index in [-0.39, 0.29) is 10.1 Å². The molecule has 0 radical (unpaired) electrons. The van der Waals surface area contributed by atoms with Crippen LogP contribution in [-0.4, -0.2) is 20.3 Å². The number of thiocarbonyl (C=S) groups is 2. The Labute approximate surface area is 115 Å². The third kappa shape index (κ3) is 2.47. The molecule has 1 aromatic carbocycles. The van der Waals surface area contributed by atoms with E-state index in [0.717, 1.165) is 11.3 Å². The van der Waals surface area contributed by atoms with Crippen LogP contribution in [0.3, 0.4) is 0 Å². The molecule has 1 aromatic heterocycles. The van der Waals surface area contributed by atoms with Crippen molar-refractivity contribution in [3.05, 3.63) is 35.9 Å². The first-order chi connectivity index (χ1) is 8.59. The smallest absolute Gasteiger partial charge is 0.169 e. The molecule has 0 aliphatic heterocycles. The largest absolute Gasteiger partial charge is 0.389 e. The quantitative estimate of drug-likeness (QED) is 0.633. The molecule has 0 fully saturated rings. The first-order valence-electron chi connectivity index (χ1n) is 5.09. The number of aromatic amines is 1. The highest BCUT2D eigenvalue weighted by atomic mass is 32.1. The first-order valence-corrected chi connectivity index (χ1v) is 5.91. The summed E-state index contributed by atoms with van der Waals surface area (Å²) in [6, 6.07) is 9.62. The Morgan fingerprint density at radius 1 is 1.17 bits per heavy atom. The van der Waals surface area contributed by atoms with E-state index < -0.39 is 0 Å². The summed E-state index contributed by atoms with van der Waals surface area (Å²) >= 11 is 9.82. The van der Waals surface area contributed by atoms with Gasteiger partial charge < -0.3 is 16.8 Å². The standard InChI is InChI=1S/C11H11N5S2/c12-9(17)7-8(6-4-2-1-3-5-6)15-16-10(7)14-11(13)18/h1-5H,(H2,12,17)(H4,13,14,15,16,18). The number of hydrogen-bond acceptors (Lipinski definition) is 3. The van der Waals surface area contributed by atoms with Gasteiger partial charge in [-0.05, 0) is 12.2 Å². The molecular formula is C11H11N5S2. The van der Waals surface area contributed by atoms with Gasteiger partial charge in [-0.3, -0.25) is 5.10 Å². The summed E-state index contributed by atoms with van der Waals surface area (Å²) in [5, 5.41) is 9.82. The third-order valence-electron chi connectivity index (χ3n) is 2.32. The second kappa shape index (κ2) is 5.11.